The smallest absolute Gasteiger partial charge is 0.0721 e. The van der Waals surface area contributed by atoms with Gasteiger partial charge < -0.3 is 4.90 Å². The second-order valence-corrected chi connectivity index (χ2v) is 5.33. The number of hydrogen-bond donors (Lipinski definition) is 0. The van der Waals surface area contributed by atoms with Gasteiger partial charge in [0.15, 0.2) is 0 Å². The van der Waals surface area contributed by atoms with Crippen LogP contribution in [0.5, 0.6) is 0 Å². The molecule has 2 aromatic carbocycles. The Kier molecular flexibility index (Phi) is 3.42. The van der Waals surface area contributed by atoms with Crippen molar-refractivity contribution in [1.29, 1.82) is 0 Å². The molecule has 1 heterocycles. The summed E-state index contributed by atoms with van der Waals surface area (Å²) >= 11 is 0. The fraction of sp³-hybridized carbons (Fsp3) is 0.158. The molecule has 0 radical (unpaired) electrons. The molecule has 0 saturated carbocycles. The third-order valence-corrected chi connectivity index (χ3v) is 3.72. The summed E-state index contributed by atoms with van der Waals surface area (Å²) in [5.74, 6) is 0. The number of benzene rings is 2. The zero-order valence-corrected chi connectivity index (χ0v) is 12.0. The molecule has 2 aromatic rings. The quantitative estimate of drug-likeness (QED) is 0.750. The molecule has 0 amide bonds. The van der Waals surface area contributed by atoms with Gasteiger partial charge in [-0.05, 0) is 35.3 Å². The van der Waals surface area contributed by atoms with E-state index in [0.717, 1.165) is 0 Å². The van der Waals surface area contributed by atoms with E-state index in [0.29, 0.717) is 6.04 Å². The van der Waals surface area contributed by atoms with Gasteiger partial charge in [0.2, 0.25) is 0 Å². The van der Waals surface area contributed by atoms with Crippen molar-refractivity contribution in [1.82, 2.24) is 4.90 Å². The van der Waals surface area contributed by atoms with Crippen molar-refractivity contribution < 1.29 is 0 Å². The van der Waals surface area contributed by atoms with E-state index < -0.39 is 0 Å². The molecule has 1 nitrogen and oxygen atoms in total. The Labute approximate surface area is 120 Å². The van der Waals surface area contributed by atoms with Crippen LogP contribution in [0, 0.1) is 0 Å². The van der Waals surface area contributed by atoms with Crippen molar-refractivity contribution in [2.75, 3.05) is 7.05 Å². The van der Waals surface area contributed by atoms with E-state index in [4.69, 9.17) is 0 Å². The first-order valence-electron chi connectivity index (χ1n) is 6.98. The van der Waals surface area contributed by atoms with Crippen LogP contribution in [0.25, 0.3) is 11.1 Å². The second-order valence-electron chi connectivity index (χ2n) is 5.33. The normalized spacial score (nSPS) is 18.0. The van der Waals surface area contributed by atoms with Gasteiger partial charge in [0.05, 0.1) is 6.04 Å². The van der Waals surface area contributed by atoms with E-state index in [1.807, 2.05) is 0 Å². The Bertz CT molecular complexity index is 652. The summed E-state index contributed by atoms with van der Waals surface area (Å²) in [5, 5.41) is 0. The maximum Gasteiger partial charge on any atom is 0.0721 e. The summed E-state index contributed by atoms with van der Waals surface area (Å²) in [6, 6.07) is 19.7. The molecular weight excluding hydrogens is 242 g/mol. The number of rotatable bonds is 2. The van der Waals surface area contributed by atoms with Crippen LogP contribution in [-0.2, 0) is 0 Å². The van der Waals surface area contributed by atoms with Gasteiger partial charge in [-0.1, -0.05) is 60.7 Å². The first-order valence-corrected chi connectivity index (χ1v) is 6.98. The molecule has 0 fully saturated rings. The molecule has 100 valence electrons. The Hall–Kier alpha value is -2.28. The molecule has 0 spiro atoms. The summed E-state index contributed by atoms with van der Waals surface area (Å²) in [7, 11) is 2.13. The lowest BCUT2D eigenvalue weighted by atomic mass is 9.97. The van der Waals surface area contributed by atoms with E-state index >= 15 is 0 Å². The number of hydrogen-bond acceptors (Lipinski definition) is 1. The first-order chi connectivity index (χ1) is 9.74. The summed E-state index contributed by atoms with van der Waals surface area (Å²) in [6.45, 7) is 2.13. The highest BCUT2D eigenvalue weighted by Gasteiger charge is 2.15. The van der Waals surface area contributed by atoms with Crippen molar-refractivity contribution in [3.05, 3.63) is 84.1 Å². The van der Waals surface area contributed by atoms with E-state index in [1.54, 1.807) is 0 Å². The molecule has 0 aromatic heterocycles. The van der Waals surface area contributed by atoms with Crippen LogP contribution in [-0.4, -0.2) is 11.9 Å². The highest BCUT2D eigenvalue weighted by atomic mass is 15.1. The topological polar surface area (TPSA) is 3.24 Å². The van der Waals surface area contributed by atoms with Gasteiger partial charge in [-0.2, -0.15) is 0 Å². The minimum Gasteiger partial charge on any atom is -0.370 e. The van der Waals surface area contributed by atoms with Crippen LogP contribution in [0.2, 0.25) is 0 Å². The molecule has 1 aliphatic heterocycles. The molecule has 1 unspecified atom stereocenters. The highest BCUT2D eigenvalue weighted by molar-refractivity contribution is 5.64. The maximum atomic E-state index is 2.29. The van der Waals surface area contributed by atoms with E-state index in [-0.39, 0.29) is 0 Å². The fourth-order valence-corrected chi connectivity index (χ4v) is 2.70. The first kappa shape index (κ1) is 12.7. The van der Waals surface area contributed by atoms with E-state index in [9.17, 15) is 0 Å². The third kappa shape index (κ3) is 2.53. The molecule has 1 heteroatoms. The zero-order chi connectivity index (χ0) is 13.9. The largest absolute Gasteiger partial charge is 0.370 e. The van der Waals surface area contributed by atoms with Gasteiger partial charge >= 0.3 is 0 Å². The Morgan fingerprint density at radius 2 is 1.65 bits per heavy atom. The summed E-state index contributed by atoms with van der Waals surface area (Å²) in [6.07, 6.45) is 6.65. The van der Waals surface area contributed by atoms with E-state index in [1.165, 1.54) is 22.3 Å². The van der Waals surface area contributed by atoms with E-state index in [2.05, 4.69) is 91.8 Å². The van der Waals surface area contributed by atoms with Gasteiger partial charge in [-0.25, -0.2) is 0 Å². The van der Waals surface area contributed by atoms with Crippen LogP contribution < -0.4 is 0 Å². The number of likely N-dealkylation sites (N-methyl/N-ethyl adjacent to an activating group) is 1. The van der Waals surface area contributed by atoms with Crippen LogP contribution in [0.3, 0.4) is 0 Å². The lowest BCUT2D eigenvalue weighted by Crippen LogP contribution is -2.19. The fourth-order valence-electron chi connectivity index (χ4n) is 2.70. The van der Waals surface area contributed by atoms with Crippen LogP contribution >= 0.6 is 0 Å². The third-order valence-electron chi connectivity index (χ3n) is 3.72. The lowest BCUT2D eigenvalue weighted by molar-refractivity contribution is 0.386. The zero-order valence-electron chi connectivity index (χ0n) is 12.0. The van der Waals surface area contributed by atoms with Gasteiger partial charge in [-0.15, -0.1) is 0 Å². The van der Waals surface area contributed by atoms with Crippen LogP contribution in [0.15, 0.2) is 78.5 Å². The average Bonchev–Trinajstić information content (AvgIpc) is 2.48. The molecule has 3 rings (SSSR count). The van der Waals surface area contributed by atoms with Crippen molar-refractivity contribution >= 4 is 0 Å². The standard InChI is InChI=1S/C19H19N/c1-15-11-12-19(20(2)14-15)18-10-6-9-17(13-18)16-7-4-3-5-8-16/h3-14,19H,1-2H3. The Morgan fingerprint density at radius 3 is 2.40 bits per heavy atom. The van der Waals surface area contributed by atoms with Crippen LogP contribution in [0.4, 0.5) is 0 Å². The molecule has 0 bridgehead atoms. The van der Waals surface area contributed by atoms with Crippen molar-refractivity contribution in [3.8, 4) is 11.1 Å². The number of nitrogens with zero attached hydrogens (tertiary/aromatic N) is 1. The van der Waals surface area contributed by atoms with Gasteiger partial charge in [0, 0.05) is 13.2 Å². The Balaban J connectivity index is 1.95. The predicted octanol–water partition coefficient (Wildman–Crippen LogP) is 4.80. The van der Waals surface area contributed by atoms with Gasteiger partial charge in [0.1, 0.15) is 0 Å². The summed E-state index contributed by atoms with van der Waals surface area (Å²) in [4.78, 5) is 2.26. The molecule has 1 atom stereocenters. The average molecular weight is 261 g/mol. The summed E-state index contributed by atoms with van der Waals surface area (Å²) in [5.41, 5.74) is 5.16. The SMILES string of the molecule is CC1=CN(C)C(c2cccc(-c3ccccc3)c2)C=C1. The number of allylic oxidation sites excluding steroid dienone is 2. The van der Waals surface area contributed by atoms with Gasteiger partial charge in [0.25, 0.3) is 0 Å². The van der Waals surface area contributed by atoms with Crippen LogP contribution in [0.1, 0.15) is 18.5 Å². The molecule has 20 heavy (non-hydrogen) atoms. The van der Waals surface area contributed by atoms with Crippen molar-refractivity contribution in [2.24, 2.45) is 0 Å². The molecule has 1 aliphatic rings. The molecule has 0 saturated heterocycles. The molecule has 0 N–H and O–H groups in total. The molecular formula is C19H19N. The van der Waals surface area contributed by atoms with Crippen molar-refractivity contribution in [2.45, 2.75) is 13.0 Å². The van der Waals surface area contributed by atoms with Crippen molar-refractivity contribution in [3.63, 3.8) is 0 Å². The summed E-state index contributed by atoms with van der Waals surface area (Å²) < 4.78 is 0. The highest BCUT2D eigenvalue weighted by Crippen LogP contribution is 2.29. The minimum atomic E-state index is 0.322. The maximum absolute atomic E-state index is 2.29. The Morgan fingerprint density at radius 1 is 0.900 bits per heavy atom. The monoisotopic (exact) mass is 261 g/mol. The minimum absolute atomic E-state index is 0.322. The predicted molar refractivity (Wildman–Crippen MR) is 85.3 cm³/mol. The second kappa shape index (κ2) is 5.38. The molecule has 0 aliphatic carbocycles. The van der Waals surface area contributed by atoms with Gasteiger partial charge in [-0.3, -0.25) is 0 Å². The lowest BCUT2D eigenvalue weighted by Gasteiger charge is -2.28.